The van der Waals surface area contributed by atoms with Crippen LogP contribution in [0.25, 0.3) is 11.3 Å². The maximum absolute atomic E-state index is 12.7. The molecule has 0 bridgehead atoms. The summed E-state index contributed by atoms with van der Waals surface area (Å²) in [5, 5.41) is 6.85. The fraction of sp³-hybridized carbons (Fsp3) is 0.357. The molecule has 3 nitrogen and oxygen atoms in total. The van der Waals surface area contributed by atoms with Crippen LogP contribution in [0.5, 0.6) is 0 Å². The van der Waals surface area contributed by atoms with Crippen molar-refractivity contribution in [3.8, 4) is 11.3 Å². The molecule has 0 spiro atoms. The molecule has 0 saturated carbocycles. The van der Waals surface area contributed by atoms with Gasteiger partial charge in [0.2, 0.25) is 0 Å². The lowest BCUT2D eigenvalue weighted by atomic mass is 10.1. The highest BCUT2D eigenvalue weighted by atomic mass is 19.4. The summed E-state index contributed by atoms with van der Waals surface area (Å²) in [4.78, 5) is 0. The molecule has 1 aromatic carbocycles. The third-order valence-corrected chi connectivity index (χ3v) is 2.80. The van der Waals surface area contributed by atoms with Crippen molar-refractivity contribution in [2.75, 3.05) is 0 Å². The number of nitrogens with zero attached hydrogens (tertiary/aromatic N) is 1. The zero-order chi connectivity index (χ0) is 14.8. The maximum Gasteiger partial charge on any atom is 0.416 e. The Labute approximate surface area is 114 Å². The standard InChI is InChI=1S/C14H15F3N2O/c1-9(2)18-7-11-8-19-20-13(11)10-4-3-5-12(6-10)14(15,16)17/h3-6,8-9,18H,7H2,1-2H3. The number of alkyl halides is 3. The number of halogens is 3. The van der Waals surface area contributed by atoms with Crippen LogP contribution >= 0.6 is 0 Å². The molecular weight excluding hydrogens is 269 g/mol. The molecule has 0 unspecified atom stereocenters. The highest BCUT2D eigenvalue weighted by Crippen LogP contribution is 2.33. The normalized spacial score (nSPS) is 12.1. The van der Waals surface area contributed by atoms with Gasteiger partial charge in [0, 0.05) is 23.7 Å². The molecule has 0 aliphatic heterocycles. The van der Waals surface area contributed by atoms with E-state index in [1.54, 1.807) is 6.07 Å². The van der Waals surface area contributed by atoms with Crippen molar-refractivity contribution in [3.05, 3.63) is 41.6 Å². The van der Waals surface area contributed by atoms with Gasteiger partial charge >= 0.3 is 6.18 Å². The molecule has 108 valence electrons. The molecule has 0 atom stereocenters. The molecule has 6 heteroatoms. The van der Waals surface area contributed by atoms with E-state index >= 15 is 0 Å². The van der Waals surface area contributed by atoms with Gasteiger partial charge in [0.1, 0.15) is 0 Å². The Hall–Kier alpha value is -1.82. The summed E-state index contributed by atoms with van der Waals surface area (Å²) >= 11 is 0. The summed E-state index contributed by atoms with van der Waals surface area (Å²) in [6.07, 6.45) is -2.85. The third-order valence-electron chi connectivity index (χ3n) is 2.80. The first kappa shape index (κ1) is 14.6. The van der Waals surface area contributed by atoms with Crippen LogP contribution in [0.4, 0.5) is 13.2 Å². The van der Waals surface area contributed by atoms with Crippen molar-refractivity contribution in [1.29, 1.82) is 0 Å². The van der Waals surface area contributed by atoms with Crippen molar-refractivity contribution in [2.24, 2.45) is 0 Å². The van der Waals surface area contributed by atoms with Crippen LogP contribution in [0.3, 0.4) is 0 Å². The van der Waals surface area contributed by atoms with Crippen LogP contribution in [0.2, 0.25) is 0 Å². The van der Waals surface area contributed by atoms with E-state index in [0.29, 0.717) is 17.9 Å². The summed E-state index contributed by atoms with van der Waals surface area (Å²) in [7, 11) is 0. The number of aromatic nitrogens is 1. The van der Waals surface area contributed by atoms with Gasteiger partial charge in [-0.05, 0) is 12.1 Å². The quantitative estimate of drug-likeness (QED) is 0.926. The SMILES string of the molecule is CC(C)NCc1cnoc1-c1cccc(C(F)(F)F)c1. The smallest absolute Gasteiger partial charge is 0.356 e. The van der Waals surface area contributed by atoms with E-state index in [-0.39, 0.29) is 6.04 Å². The Balaban J connectivity index is 2.30. The first-order valence-corrected chi connectivity index (χ1v) is 6.22. The molecule has 20 heavy (non-hydrogen) atoms. The molecule has 0 fully saturated rings. The molecule has 1 aromatic heterocycles. The van der Waals surface area contributed by atoms with E-state index in [2.05, 4.69) is 10.5 Å². The number of hydrogen-bond donors (Lipinski definition) is 1. The largest absolute Gasteiger partial charge is 0.416 e. The Kier molecular flexibility index (Phi) is 4.13. The monoisotopic (exact) mass is 284 g/mol. The summed E-state index contributed by atoms with van der Waals surface area (Å²) in [5.74, 6) is 0.365. The number of rotatable bonds is 4. The highest BCUT2D eigenvalue weighted by Gasteiger charge is 2.30. The molecule has 2 aromatic rings. The van der Waals surface area contributed by atoms with Crippen molar-refractivity contribution >= 4 is 0 Å². The molecule has 1 heterocycles. The predicted molar refractivity (Wildman–Crippen MR) is 68.9 cm³/mol. The molecular formula is C14H15F3N2O. The Bertz CT molecular complexity index is 576. The Morgan fingerprint density at radius 3 is 2.70 bits per heavy atom. The fourth-order valence-corrected chi connectivity index (χ4v) is 1.77. The Morgan fingerprint density at radius 2 is 2.05 bits per heavy atom. The predicted octanol–water partition coefficient (Wildman–Crippen LogP) is 3.86. The molecule has 0 aliphatic carbocycles. The molecule has 0 saturated heterocycles. The van der Waals surface area contributed by atoms with Crippen molar-refractivity contribution in [3.63, 3.8) is 0 Å². The summed E-state index contributed by atoms with van der Waals surface area (Å²) in [6.45, 7) is 4.46. The zero-order valence-corrected chi connectivity index (χ0v) is 11.2. The van der Waals surface area contributed by atoms with Crippen molar-refractivity contribution in [1.82, 2.24) is 10.5 Å². The maximum atomic E-state index is 12.7. The van der Waals surface area contributed by atoms with Crippen molar-refractivity contribution in [2.45, 2.75) is 32.6 Å². The summed E-state index contributed by atoms with van der Waals surface area (Å²) in [5.41, 5.74) is 0.407. The molecule has 1 N–H and O–H groups in total. The molecule has 0 radical (unpaired) electrons. The van der Waals surface area contributed by atoms with Crippen LogP contribution in [-0.4, -0.2) is 11.2 Å². The van der Waals surface area contributed by atoms with Gasteiger partial charge in [-0.25, -0.2) is 0 Å². The van der Waals surface area contributed by atoms with Crippen LogP contribution < -0.4 is 5.32 Å². The average Bonchev–Trinajstić information content (AvgIpc) is 2.83. The van der Waals surface area contributed by atoms with Crippen LogP contribution in [0.1, 0.15) is 25.0 Å². The van der Waals surface area contributed by atoms with Gasteiger partial charge in [-0.2, -0.15) is 13.2 Å². The van der Waals surface area contributed by atoms with Crippen LogP contribution in [0, 0.1) is 0 Å². The second-order valence-corrected chi connectivity index (χ2v) is 4.79. The lowest BCUT2D eigenvalue weighted by molar-refractivity contribution is -0.137. The first-order valence-electron chi connectivity index (χ1n) is 6.22. The minimum atomic E-state index is -4.37. The number of benzene rings is 1. The van der Waals surface area contributed by atoms with Gasteiger partial charge in [0.15, 0.2) is 5.76 Å². The van der Waals surface area contributed by atoms with Gasteiger partial charge < -0.3 is 9.84 Å². The van der Waals surface area contributed by atoms with E-state index in [0.717, 1.165) is 17.7 Å². The molecule has 0 amide bonds. The lowest BCUT2D eigenvalue weighted by Crippen LogP contribution is -2.21. The highest BCUT2D eigenvalue weighted by molar-refractivity contribution is 5.61. The van der Waals surface area contributed by atoms with Gasteiger partial charge in [-0.15, -0.1) is 0 Å². The first-order chi connectivity index (χ1) is 9.38. The fourth-order valence-electron chi connectivity index (χ4n) is 1.77. The van der Waals surface area contributed by atoms with Gasteiger partial charge in [0.05, 0.1) is 11.8 Å². The third kappa shape index (κ3) is 3.39. The topological polar surface area (TPSA) is 38.1 Å². The summed E-state index contributed by atoms with van der Waals surface area (Å²) in [6, 6.07) is 5.31. The summed E-state index contributed by atoms with van der Waals surface area (Å²) < 4.78 is 43.2. The van der Waals surface area contributed by atoms with E-state index in [1.807, 2.05) is 13.8 Å². The minimum Gasteiger partial charge on any atom is -0.356 e. The van der Waals surface area contributed by atoms with E-state index in [1.165, 1.54) is 12.3 Å². The minimum absolute atomic E-state index is 0.263. The van der Waals surface area contributed by atoms with Crippen LogP contribution in [0.15, 0.2) is 35.0 Å². The lowest BCUT2D eigenvalue weighted by Gasteiger charge is -2.09. The van der Waals surface area contributed by atoms with Gasteiger partial charge in [-0.1, -0.05) is 31.1 Å². The van der Waals surface area contributed by atoms with Crippen molar-refractivity contribution < 1.29 is 17.7 Å². The zero-order valence-electron chi connectivity index (χ0n) is 11.2. The van der Waals surface area contributed by atoms with E-state index in [4.69, 9.17) is 4.52 Å². The van der Waals surface area contributed by atoms with Gasteiger partial charge in [-0.3, -0.25) is 0 Å². The molecule has 0 aliphatic rings. The second kappa shape index (κ2) is 5.66. The van der Waals surface area contributed by atoms with E-state index in [9.17, 15) is 13.2 Å². The Morgan fingerprint density at radius 1 is 1.30 bits per heavy atom. The molecule has 2 rings (SSSR count). The number of hydrogen-bond acceptors (Lipinski definition) is 3. The van der Waals surface area contributed by atoms with Gasteiger partial charge in [0.25, 0.3) is 0 Å². The van der Waals surface area contributed by atoms with E-state index < -0.39 is 11.7 Å². The second-order valence-electron chi connectivity index (χ2n) is 4.79. The number of nitrogens with one attached hydrogen (secondary N) is 1. The average molecular weight is 284 g/mol. The van der Waals surface area contributed by atoms with Crippen LogP contribution in [-0.2, 0) is 12.7 Å².